The summed E-state index contributed by atoms with van der Waals surface area (Å²) in [6.45, 7) is 4.93. The summed E-state index contributed by atoms with van der Waals surface area (Å²) in [5.41, 5.74) is 5.12. The van der Waals surface area contributed by atoms with Gasteiger partial charge in [-0.2, -0.15) is 0 Å². The average Bonchev–Trinajstić information content (AvgIpc) is 1.86. The van der Waals surface area contributed by atoms with Crippen LogP contribution in [-0.4, -0.2) is 18.5 Å². The third-order valence-electron chi connectivity index (χ3n) is 0.930. The van der Waals surface area contributed by atoms with Crippen LogP contribution in [0.2, 0.25) is 0 Å². The fraction of sp³-hybridized carbons (Fsp3) is 0.429. The molecule has 2 N–H and O–H groups in total. The van der Waals surface area contributed by atoms with Gasteiger partial charge in [0.1, 0.15) is 6.61 Å². The first-order valence-corrected chi connectivity index (χ1v) is 3.15. The largest absolute Gasteiger partial charge is 0.462 e. The summed E-state index contributed by atoms with van der Waals surface area (Å²) in [6.07, 6.45) is 0.0546. The SMILES string of the molecule is C=C(C)C(=O)OCCC(N)=O. The van der Waals surface area contributed by atoms with E-state index in [0.717, 1.165) is 0 Å². The molecule has 62 valence electrons. The van der Waals surface area contributed by atoms with Crippen LogP contribution in [0, 0.1) is 0 Å². The topological polar surface area (TPSA) is 69.4 Å². The fourth-order valence-electron chi connectivity index (χ4n) is 0.368. The maximum Gasteiger partial charge on any atom is 0.333 e. The molecule has 0 fully saturated rings. The van der Waals surface area contributed by atoms with Crippen LogP contribution in [0.25, 0.3) is 0 Å². The van der Waals surface area contributed by atoms with E-state index in [1.54, 1.807) is 0 Å². The first kappa shape index (κ1) is 9.68. The lowest BCUT2D eigenvalue weighted by molar-refractivity contribution is -0.139. The van der Waals surface area contributed by atoms with Crippen molar-refractivity contribution in [3.05, 3.63) is 12.2 Å². The van der Waals surface area contributed by atoms with E-state index < -0.39 is 11.9 Å². The lowest BCUT2D eigenvalue weighted by atomic mass is 10.3. The number of esters is 1. The Morgan fingerprint density at radius 1 is 1.55 bits per heavy atom. The Hall–Kier alpha value is -1.32. The van der Waals surface area contributed by atoms with Crippen LogP contribution in [0.15, 0.2) is 12.2 Å². The molecule has 0 aromatic carbocycles. The molecule has 1 amide bonds. The molecule has 0 bridgehead atoms. The molecule has 11 heavy (non-hydrogen) atoms. The smallest absolute Gasteiger partial charge is 0.333 e. The number of amides is 1. The molecular weight excluding hydrogens is 146 g/mol. The second kappa shape index (κ2) is 4.49. The van der Waals surface area contributed by atoms with Crippen LogP contribution in [0.5, 0.6) is 0 Å². The van der Waals surface area contributed by atoms with E-state index in [1.807, 2.05) is 0 Å². The second-order valence-corrected chi connectivity index (χ2v) is 2.13. The molecule has 0 aliphatic heterocycles. The number of ether oxygens (including phenoxy) is 1. The molecule has 0 aromatic heterocycles. The molecule has 4 nitrogen and oxygen atoms in total. The molecule has 0 saturated heterocycles. The number of carbonyl (C=O) groups excluding carboxylic acids is 2. The van der Waals surface area contributed by atoms with Gasteiger partial charge in [-0.1, -0.05) is 6.58 Å². The van der Waals surface area contributed by atoms with Crippen LogP contribution < -0.4 is 5.73 Å². The summed E-state index contributed by atoms with van der Waals surface area (Å²) in [7, 11) is 0. The minimum atomic E-state index is -0.494. The van der Waals surface area contributed by atoms with Crippen LogP contribution in [0.3, 0.4) is 0 Å². The standard InChI is InChI=1S/C7H11NO3/c1-5(2)7(10)11-4-3-6(8)9/h1,3-4H2,2H3,(H2,8,9). The van der Waals surface area contributed by atoms with Gasteiger partial charge in [0, 0.05) is 5.57 Å². The highest BCUT2D eigenvalue weighted by molar-refractivity contribution is 5.87. The molecule has 0 spiro atoms. The van der Waals surface area contributed by atoms with Crippen molar-refractivity contribution in [3.63, 3.8) is 0 Å². The Balaban J connectivity index is 3.47. The Bertz CT molecular complexity index is 186. The van der Waals surface area contributed by atoms with E-state index in [2.05, 4.69) is 11.3 Å². The van der Waals surface area contributed by atoms with Crippen molar-refractivity contribution < 1.29 is 14.3 Å². The lowest BCUT2D eigenvalue weighted by Crippen LogP contribution is -2.15. The average molecular weight is 157 g/mol. The zero-order valence-corrected chi connectivity index (χ0v) is 6.42. The van der Waals surface area contributed by atoms with Gasteiger partial charge in [-0.3, -0.25) is 4.79 Å². The third-order valence-corrected chi connectivity index (χ3v) is 0.930. The van der Waals surface area contributed by atoms with Gasteiger partial charge >= 0.3 is 5.97 Å². The minimum Gasteiger partial charge on any atom is -0.462 e. The van der Waals surface area contributed by atoms with E-state index in [0.29, 0.717) is 5.57 Å². The van der Waals surface area contributed by atoms with Gasteiger partial charge in [0.2, 0.25) is 5.91 Å². The summed E-state index contributed by atoms with van der Waals surface area (Å²) >= 11 is 0. The van der Waals surface area contributed by atoms with Crippen LogP contribution in [0.1, 0.15) is 13.3 Å². The molecule has 0 heterocycles. The zero-order chi connectivity index (χ0) is 8.85. The van der Waals surface area contributed by atoms with E-state index in [9.17, 15) is 9.59 Å². The van der Waals surface area contributed by atoms with Gasteiger partial charge in [-0.05, 0) is 6.92 Å². The predicted molar refractivity (Wildman–Crippen MR) is 39.6 cm³/mol. The Labute approximate surface area is 65.0 Å². The number of hydrogen-bond donors (Lipinski definition) is 1. The highest BCUT2D eigenvalue weighted by Crippen LogP contribution is 1.92. The maximum atomic E-state index is 10.7. The Morgan fingerprint density at radius 2 is 2.09 bits per heavy atom. The number of rotatable bonds is 4. The highest BCUT2D eigenvalue weighted by atomic mass is 16.5. The summed E-state index contributed by atoms with van der Waals surface area (Å²) in [4.78, 5) is 20.8. The van der Waals surface area contributed by atoms with Crippen molar-refractivity contribution in [2.45, 2.75) is 13.3 Å². The van der Waals surface area contributed by atoms with E-state index in [-0.39, 0.29) is 13.0 Å². The molecule has 0 aromatic rings. The first-order chi connectivity index (χ1) is 5.04. The summed E-state index contributed by atoms with van der Waals surface area (Å²) in [5.74, 6) is -0.981. The molecule has 0 unspecified atom stereocenters. The third kappa shape index (κ3) is 5.14. The van der Waals surface area contributed by atoms with Gasteiger partial charge in [0.15, 0.2) is 0 Å². The lowest BCUT2D eigenvalue weighted by Gasteiger charge is -2.00. The van der Waals surface area contributed by atoms with Crippen molar-refractivity contribution in [1.82, 2.24) is 0 Å². The molecule has 0 atom stereocenters. The number of nitrogens with two attached hydrogens (primary N) is 1. The van der Waals surface area contributed by atoms with Crippen molar-refractivity contribution in [3.8, 4) is 0 Å². The van der Waals surface area contributed by atoms with Crippen LogP contribution in [-0.2, 0) is 14.3 Å². The van der Waals surface area contributed by atoms with Crippen molar-refractivity contribution in [2.24, 2.45) is 5.73 Å². The predicted octanol–water partition coefficient (Wildman–Crippen LogP) is -0.0189. The first-order valence-electron chi connectivity index (χ1n) is 3.15. The Kier molecular flexibility index (Phi) is 3.95. The van der Waals surface area contributed by atoms with Gasteiger partial charge in [0.25, 0.3) is 0 Å². The van der Waals surface area contributed by atoms with Crippen molar-refractivity contribution >= 4 is 11.9 Å². The molecule has 0 aliphatic carbocycles. The fourth-order valence-corrected chi connectivity index (χ4v) is 0.368. The summed E-state index contributed by atoms with van der Waals surface area (Å²) in [6, 6.07) is 0. The summed E-state index contributed by atoms with van der Waals surface area (Å²) in [5, 5.41) is 0. The molecule has 0 radical (unpaired) electrons. The molecule has 0 rings (SSSR count). The van der Waals surface area contributed by atoms with Crippen LogP contribution in [0.4, 0.5) is 0 Å². The van der Waals surface area contributed by atoms with Gasteiger partial charge < -0.3 is 10.5 Å². The molecule has 0 saturated carbocycles. The second-order valence-electron chi connectivity index (χ2n) is 2.13. The highest BCUT2D eigenvalue weighted by Gasteiger charge is 2.02. The Morgan fingerprint density at radius 3 is 2.45 bits per heavy atom. The van der Waals surface area contributed by atoms with Gasteiger partial charge in [-0.25, -0.2) is 4.79 Å². The minimum absolute atomic E-state index is 0.0288. The van der Waals surface area contributed by atoms with Gasteiger partial charge in [0.05, 0.1) is 6.42 Å². The van der Waals surface area contributed by atoms with E-state index in [4.69, 9.17) is 5.73 Å². The van der Waals surface area contributed by atoms with Crippen LogP contribution >= 0.6 is 0 Å². The monoisotopic (exact) mass is 157 g/mol. The molecule has 4 heteroatoms. The maximum absolute atomic E-state index is 10.7. The summed E-state index contributed by atoms with van der Waals surface area (Å²) < 4.78 is 4.57. The normalized spacial score (nSPS) is 8.82. The zero-order valence-electron chi connectivity index (χ0n) is 6.42. The van der Waals surface area contributed by atoms with E-state index >= 15 is 0 Å². The number of hydrogen-bond acceptors (Lipinski definition) is 3. The number of primary amides is 1. The molecular formula is C7H11NO3. The molecule has 0 aliphatic rings. The quantitative estimate of drug-likeness (QED) is 0.460. The number of carbonyl (C=O) groups is 2. The van der Waals surface area contributed by atoms with Gasteiger partial charge in [-0.15, -0.1) is 0 Å². The van der Waals surface area contributed by atoms with Crippen molar-refractivity contribution in [2.75, 3.05) is 6.61 Å². The van der Waals surface area contributed by atoms with Crippen molar-refractivity contribution in [1.29, 1.82) is 0 Å². The van der Waals surface area contributed by atoms with E-state index in [1.165, 1.54) is 6.92 Å².